The molecule has 0 aliphatic rings. The van der Waals surface area contributed by atoms with E-state index in [9.17, 15) is 9.18 Å². The molecule has 0 aromatic heterocycles. The Morgan fingerprint density at radius 2 is 2.07 bits per heavy atom. The quantitative estimate of drug-likeness (QED) is 0.778. The lowest BCUT2D eigenvalue weighted by molar-refractivity contribution is 0.0827. The van der Waals surface area contributed by atoms with E-state index < -0.39 is 0 Å². The molecule has 76 valence electrons. The van der Waals surface area contributed by atoms with Gasteiger partial charge < -0.3 is 10.2 Å². The highest BCUT2D eigenvalue weighted by atomic mass is 19.1. The molecule has 1 N–H and O–H groups in total. The van der Waals surface area contributed by atoms with Gasteiger partial charge in [0.15, 0.2) is 0 Å². The van der Waals surface area contributed by atoms with Gasteiger partial charge in [-0.05, 0) is 18.2 Å². The highest BCUT2D eigenvalue weighted by Gasteiger charge is 2.10. The van der Waals surface area contributed by atoms with Crippen molar-refractivity contribution in [3.05, 3.63) is 29.6 Å². The maximum Gasteiger partial charge on any atom is 0.253 e. The molecule has 1 rings (SSSR count). The summed E-state index contributed by atoms with van der Waals surface area (Å²) >= 11 is 0. The normalized spacial score (nSPS) is 9.71. The van der Waals surface area contributed by atoms with E-state index in [-0.39, 0.29) is 11.7 Å². The van der Waals surface area contributed by atoms with Gasteiger partial charge in [-0.3, -0.25) is 4.79 Å². The van der Waals surface area contributed by atoms with Gasteiger partial charge in [0.2, 0.25) is 0 Å². The Bertz CT molecular complexity index is 350. The number of amides is 1. The van der Waals surface area contributed by atoms with Crippen molar-refractivity contribution >= 4 is 11.6 Å². The second-order valence-corrected chi connectivity index (χ2v) is 3.14. The van der Waals surface area contributed by atoms with Gasteiger partial charge in [-0.15, -0.1) is 0 Å². The topological polar surface area (TPSA) is 32.3 Å². The van der Waals surface area contributed by atoms with Crippen LogP contribution in [0, 0.1) is 5.82 Å². The summed E-state index contributed by atoms with van der Waals surface area (Å²) in [6, 6.07) is 4.25. The van der Waals surface area contributed by atoms with E-state index in [0.29, 0.717) is 11.3 Å². The van der Waals surface area contributed by atoms with Crippen LogP contribution < -0.4 is 5.32 Å². The molecule has 0 atom stereocenters. The van der Waals surface area contributed by atoms with Crippen molar-refractivity contribution < 1.29 is 9.18 Å². The average Bonchev–Trinajstić information content (AvgIpc) is 2.17. The second kappa shape index (κ2) is 4.09. The van der Waals surface area contributed by atoms with Crippen LogP contribution in [-0.4, -0.2) is 32.0 Å². The lowest BCUT2D eigenvalue weighted by Gasteiger charge is -2.11. The Kier molecular flexibility index (Phi) is 3.06. The number of benzene rings is 1. The summed E-state index contributed by atoms with van der Waals surface area (Å²) < 4.78 is 13.0. The maximum atomic E-state index is 13.0. The van der Waals surface area contributed by atoms with Gasteiger partial charge in [0.25, 0.3) is 5.91 Å². The van der Waals surface area contributed by atoms with E-state index in [1.54, 1.807) is 21.1 Å². The average molecular weight is 196 g/mol. The fraction of sp³-hybridized carbons (Fsp3) is 0.300. The predicted molar refractivity (Wildman–Crippen MR) is 54.0 cm³/mol. The Hall–Kier alpha value is -1.58. The zero-order chi connectivity index (χ0) is 10.7. The number of rotatable bonds is 2. The van der Waals surface area contributed by atoms with E-state index in [1.807, 2.05) is 0 Å². The van der Waals surface area contributed by atoms with Gasteiger partial charge in [0.05, 0.1) is 5.69 Å². The van der Waals surface area contributed by atoms with Crippen molar-refractivity contribution in [2.24, 2.45) is 0 Å². The molecule has 0 aliphatic carbocycles. The van der Waals surface area contributed by atoms with Crippen LogP contribution in [0.4, 0.5) is 10.1 Å². The van der Waals surface area contributed by atoms with Crippen LogP contribution in [0.25, 0.3) is 0 Å². The van der Waals surface area contributed by atoms with Crippen molar-refractivity contribution in [2.75, 3.05) is 26.5 Å². The highest BCUT2D eigenvalue weighted by Crippen LogP contribution is 2.16. The molecule has 0 heterocycles. The third-order valence-corrected chi connectivity index (χ3v) is 1.89. The van der Waals surface area contributed by atoms with Crippen molar-refractivity contribution in [3.8, 4) is 0 Å². The lowest BCUT2D eigenvalue weighted by atomic mass is 10.1. The Morgan fingerprint density at radius 1 is 1.43 bits per heavy atom. The molecular weight excluding hydrogens is 183 g/mol. The van der Waals surface area contributed by atoms with Crippen molar-refractivity contribution in [1.29, 1.82) is 0 Å². The van der Waals surface area contributed by atoms with Crippen LogP contribution in [0.5, 0.6) is 0 Å². The molecule has 0 radical (unpaired) electrons. The van der Waals surface area contributed by atoms with E-state index in [1.165, 1.54) is 23.1 Å². The summed E-state index contributed by atoms with van der Waals surface area (Å²) in [5.74, 6) is -0.496. The number of hydrogen-bond acceptors (Lipinski definition) is 2. The van der Waals surface area contributed by atoms with Gasteiger partial charge in [-0.1, -0.05) is 0 Å². The fourth-order valence-corrected chi connectivity index (χ4v) is 1.11. The Labute approximate surface area is 82.5 Å². The number of carbonyl (C=O) groups excluding carboxylic acids is 1. The fourth-order valence-electron chi connectivity index (χ4n) is 1.11. The zero-order valence-corrected chi connectivity index (χ0v) is 8.47. The van der Waals surface area contributed by atoms with Crippen molar-refractivity contribution in [3.63, 3.8) is 0 Å². The summed E-state index contributed by atoms with van der Waals surface area (Å²) in [5.41, 5.74) is 0.804. The first-order valence-corrected chi connectivity index (χ1v) is 4.25. The molecule has 0 spiro atoms. The monoisotopic (exact) mass is 196 g/mol. The number of nitrogens with zero attached hydrogens (tertiary/aromatic N) is 1. The van der Waals surface area contributed by atoms with Crippen molar-refractivity contribution in [1.82, 2.24) is 4.90 Å². The number of nitrogens with one attached hydrogen (secondary N) is 1. The minimum atomic E-state index is -0.359. The van der Waals surface area contributed by atoms with Gasteiger partial charge in [0, 0.05) is 26.7 Å². The molecule has 0 fully saturated rings. The number of carbonyl (C=O) groups is 1. The van der Waals surface area contributed by atoms with Crippen LogP contribution in [-0.2, 0) is 0 Å². The van der Waals surface area contributed by atoms with E-state index in [2.05, 4.69) is 5.32 Å². The largest absolute Gasteiger partial charge is 0.386 e. The minimum Gasteiger partial charge on any atom is -0.386 e. The first kappa shape index (κ1) is 10.5. The van der Waals surface area contributed by atoms with Gasteiger partial charge >= 0.3 is 0 Å². The van der Waals surface area contributed by atoms with Gasteiger partial charge in [-0.2, -0.15) is 0 Å². The van der Waals surface area contributed by atoms with Crippen LogP contribution in [0.3, 0.4) is 0 Å². The summed E-state index contributed by atoms with van der Waals surface area (Å²) in [7, 11) is 4.93. The molecule has 0 saturated carbocycles. The number of halogens is 1. The maximum absolute atomic E-state index is 13.0. The highest BCUT2D eigenvalue weighted by molar-refractivity contribution is 5.94. The van der Waals surface area contributed by atoms with Gasteiger partial charge in [-0.25, -0.2) is 4.39 Å². The van der Waals surface area contributed by atoms with Crippen LogP contribution in [0.15, 0.2) is 18.2 Å². The number of anilines is 1. The molecule has 0 saturated heterocycles. The zero-order valence-electron chi connectivity index (χ0n) is 8.47. The summed E-state index contributed by atoms with van der Waals surface area (Å²) in [5, 5.41) is 2.68. The first-order valence-electron chi connectivity index (χ1n) is 4.25. The van der Waals surface area contributed by atoms with E-state index in [4.69, 9.17) is 0 Å². The van der Waals surface area contributed by atoms with E-state index >= 15 is 0 Å². The summed E-state index contributed by atoms with van der Waals surface area (Å²) in [6.07, 6.45) is 0. The van der Waals surface area contributed by atoms with Gasteiger partial charge in [0.1, 0.15) is 5.82 Å². The molecule has 0 aliphatic heterocycles. The first-order chi connectivity index (χ1) is 6.56. The molecule has 4 heteroatoms. The molecule has 1 amide bonds. The SMILES string of the molecule is CNc1cc(C(=O)N(C)C)ccc1F. The minimum absolute atomic E-state index is 0.137. The molecule has 14 heavy (non-hydrogen) atoms. The third-order valence-electron chi connectivity index (χ3n) is 1.89. The molecular formula is C10H13FN2O. The van der Waals surface area contributed by atoms with Crippen LogP contribution in [0.2, 0.25) is 0 Å². The Morgan fingerprint density at radius 3 is 2.57 bits per heavy atom. The molecule has 3 nitrogen and oxygen atoms in total. The molecule has 0 unspecified atom stereocenters. The van der Waals surface area contributed by atoms with Crippen molar-refractivity contribution in [2.45, 2.75) is 0 Å². The summed E-state index contributed by atoms with van der Waals surface area (Å²) in [6.45, 7) is 0. The molecule has 0 bridgehead atoms. The lowest BCUT2D eigenvalue weighted by Crippen LogP contribution is -2.21. The number of hydrogen-bond donors (Lipinski definition) is 1. The third kappa shape index (κ3) is 2.02. The van der Waals surface area contributed by atoms with Crippen LogP contribution in [0.1, 0.15) is 10.4 Å². The molecule has 1 aromatic carbocycles. The van der Waals surface area contributed by atoms with Crippen LogP contribution >= 0.6 is 0 Å². The Balaban J connectivity index is 3.06. The predicted octanol–water partition coefficient (Wildman–Crippen LogP) is 1.57. The summed E-state index contributed by atoms with van der Waals surface area (Å²) in [4.78, 5) is 13.0. The molecule has 1 aromatic rings. The van der Waals surface area contributed by atoms with E-state index in [0.717, 1.165) is 0 Å². The second-order valence-electron chi connectivity index (χ2n) is 3.14. The smallest absolute Gasteiger partial charge is 0.253 e. The standard InChI is InChI=1S/C10H13FN2O/c1-12-9-6-7(4-5-8(9)11)10(14)13(2)3/h4-6,12H,1-3H3.